The van der Waals surface area contributed by atoms with Crippen LogP contribution in [-0.4, -0.2) is 17.2 Å². The maximum absolute atomic E-state index is 7.00. The van der Waals surface area contributed by atoms with E-state index >= 15 is 0 Å². The van der Waals surface area contributed by atoms with E-state index in [0.29, 0.717) is 4.47 Å². The Labute approximate surface area is 56.8 Å². The van der Waals surface area contributed by atoms with Crippen molar-refractivity contribution in [3.63, 3.8) is 0 Å². The molecule has 0 unspecified atom stereocenters. The van der Waals surface area contributed by atoms with Crippen LogP contribution in [-0.2, 0) is 0 Å². The predicted molar refractivity (Wildman–Crippen MR) is 35.3 cm³/mol. The average molecular weight is 152 g/mol. The van der Waals surface area contributed by atoms with E-state index in [1.165, 1.54) is 11.3 Å². The second-order valence-corrected chi connectivity index (χ2v) is 2.26. The fourth-order valence-electron chi connectivity index (χ4n) is 0.206. The van der Waals surface area contributed by atoms with Crippen LogP contribution < -0.4 is 0 Å². The van der Waals surface area contributed by atoms with Gasteiger partial charge in [-0.2, -0.15) is 0 Å². The predicted octanol–water partition coefficient (Wildman–Crippen LogP) is 1.41. The minimum absolute atomic E-state index is 0.606. The van der Waals surface area contributed by atoms with Crippen molar-refractivity contribution in [1.82, 2.24) is 4.98 Å². The van der Waals surface area contributed by atoms with Crippen LogP contribution in [0.1, 0.15) is 0 Å². The summed E-state index contributed by atoms with van der Waals surface area (Å²) in [7, 11) is 1.00. The third-order valence-electron chi connectivity index (χ3n) is 0.402. The summed E-state index contributed by atoms with van der Waals surface area (Å²) in [5.74, 6) is 0. The van der Waals surface area contributed by atoms with E-state index in [9.17, 15) is 0 Å². The van der Waals surface area contributed by atoms with Gasteiger partial charge in [-0.25, -0.2) is 4.98 Å². The second-order valence-electron chi connectivity index (χ2n) is 0.785. The fourth-order valence-corrected chi connectivity index (χ4v) is 0.772. The molecule has 0 saturated carbocycles. The topological polar surface area (TPSA) is 33.1 Å². The summed E-state index contributed by atoms with van der Waals surface area (Å²) in [5.41, 5.74) is 0. The number of halogens is 1. The molecular formula is C4H6ClNOS. The largest absolute Gasteiger partial charge is 0.400 e. The highest BCUT2D eigenvalue weighted by Crippen LogP contribution is 2.08. The summed E-state index contributed by atoms with van der Waals surface area (Å²) in [6, 6.07) is 0. The molecule has 1 rings (SSSR count). The number of aliphatic hydroxyl groups is 1. The Balaban J connectivity index is 0.000000222. The summed E-state index contributed by atoms with van der Waals surface area (Å²) in [6.07, 6.45) is 1.67. The van der Waals surface area contributed by atoms with E-state index in [-0.39, 0.29) is 0 Å². The van der Waals surface area contributed by atoms with Crippen LogP contribution in [0.15, 0.2) is 11.6 Å². The van der Waals surface area contributed by atoms with Gasteiger partial charge in [-0.05, 0) is 0 Å². The first-order valence-electron chi connectivity index (χ1n) is 1.89. The Morgan fingerprint density at radius 1 is 1.75 bits per heavy atom. The molecule has 4 heteroatoms. The summed E-state index contributed by atoms with van der Waals surface area (Å²) >= 11 is 6.79. The maximum atomic E-state index is 7.00. The summed E-state index contributed by atoms with van der Waals surface area (Å²) in [5, 5.41) is 8.84. The molecule has 2 nitrogen and oxygen atoms in total. The zero-order chi connectivity index (χ0) is 6.41. The maximum Gasteiger partial charge on any atom is 0.183 e. The Morgan fingerprint density at radius 2 is 2.38 bits per heavy atom. The first-order chi connectivity index (χ1) is 3.89. The standard InChI is InChI=1S/C3H2ClNS.CH4O/c4-3-5-1-2-6-3;1-2/h1-2H;2H,1H3. The molecule has 0 aromatic carbocycles. The van der Waals surface area contributed by atoms with Gasteiger partial charge in [0.1, 0.15) is 0 Å². The van der Waals surface area contributed by atoms with Gasteiger partial charge in [-0.15, -0.1) is 11.3 Å². The number of nitrogens with zero attached hydrogens (tertiary/aromatic N) is 1. The lowest BCUT2D eigenvalue weighted by Crippen LogP contribution is -1.47. The lowest BCUT2D eigenvalue weighted by Gasteiger charge is -1.61. The van der Waals surface area contributed by atoms with Gasteiger partial charge in [0.15, 0.2) is 4.47 Å². The van der Waals surface area contributed by atoms with Gasteiger partial charge in [0.05, 0.1) is 0 Å². The van der Waals surface area contributed by atoms with Gasteiger partial charge in [0.25, 0.3) is 0 Å². The molecular weight excluding hydrogens is 146 g/mol. The van der Waals surface area contributed by atoms with Crippen LogP contribution in [0, 0.1) is 0 Å². The zero-order valence-corrected chi connectivity index (χ0v) is 5.91. The number of hydrogen-bond acceptors (Lipinski definition) is 3. The molecule has 0 aliphatic carbocycles. The van der Waals surface area contributed by atoms with Crippen molar-refractivity contribution in [3.05, 3.63) is 16.0 Å². The lowest BCUT2D eigenvalue weighted by atomic mass is 11.0. The number of hydrogen-bond donors (Lipinski definition) is 1. The van der Waals surface area contributed by atoms with E-state index in [4.69, 9.17) is 16.7 Å². The quantitative estimate of drug-likeness (QED) is 0.608. The molecule has 1 aromatic heterocycles. The first-order valence-corrected chi connectivity index (χ1v) is 3.15. The summed E-state index contributed by atoms with van der Waals surface area (Å²) < 4.78 is 0.606. The SMILES string of the molecule is CO.Clc1nccs1. The average Bonchev–Trinajstić information content (AvgIpc) is 2.24. The Bertz CT molecular complexity index is 120. The molecule has 0 aliphatic heterocycles. The number of aromatic nitrogens is 1. The number of aliphatic hydroxyl groups excluding tert-OH is 1. The highest BCUT2D eigenvalue weighted by Gasteiger charge is 1.79. The molecule has 0 fully saturated rings. The van der Waals surface area contributed by atoms with Crippen LogP contribution in [0.4, 0.5) is 0 Å². The van der Waals surface area contributed by atoms with Crippen LogP contribution in [0.2, 0.25) is 4.47 Å². The molecule has 0 saturated heterocycles. The van der Waals surface area contributed by atoms with Crippen LogP contribution in [0.25, 0.3) is 0 Å². The van der Waals surface area contributed by atoms with Gasteiger partial charge in [-0.3, -0.25) is 0 Å². The molecule has 8 heavy (non-hydrogen) atoms. The molecule has 0 aliphatic rings. The fraction of sp³-hybridized carbons (Fsp3) is 0.250. The normalized spacial score (nSPS) is 7.38. The first kappa shape index (κ1) is 7.88. The molecule has 0 radical (unpaired) electrons. The molecule has 1 heterocycles. The highest BCUT2D eigenvalue weighted by molar-refractivity contribution is 7.13. The minimum atomic E-state index is 0.606. The monoisotopic (exact) mass is 151 g/mol. The Morgan fingerprint density at radius 3 is 2.50 bits per heavy atom. The number of rotatable bonds is 0. The van der Waals surface area contributed by atoms with E-state index in [1.807, 2.05) is 5.38 Å². The van der Waals surface area contributed by atoms with Crippen molar-refractivity contribution >= 4 is 22.9 Å². The van der Waals surface area contributed by atoms with Crippen molar-refractivity contribution in [3.8, 4) is 0 Å². The summed E-state index contributed by atoms with van der Waals surface area (Å²) in [6.45, 7) is 0. The van der Waals surface area contributed by atoms with Crippen molar-refractivity contribution in [1.29, 1.82) is 0 Å². The van der Waals surface area contributed by atoms with Gasteiger partial charge >= 0.3 is 0 Å². The van der Waals surface area contributed by atoms with Crippen LogP contribution in [0.5, 0.6) is 0 Å². The van der Waals surface area contributed by atoms with Gasteiger partial charge in [-0.1, -0.05) is 11.6 Å². The molecule has 0 bridgehead atoms. The van der Waals surface area contributed by atoms with Crippen molar-refractivity contribution in [2.45, 2.75) is 0 Å². The second kappa shape index (κ2) is 5.03. The van der Waals surface area contributed by atoms with E-state index in [2.05, 4.69) is 4.98 Å². The van der Waals surface area contributed by atoms with Gasteiger partial charge < -0.3 is 5.11 Å². The molecule has 0 spiro atoms. The highest BCUT2D eigenvalue weighted by atomic mass is 35.5. The van der Waals surface area contributed by atoms with Crippen LogP contribution >= 0.6 is 22.9 Å². The van der Waals surface area contributed by atoms with Crippen LogP contribution in [0.3, 0.4) is 0 Å². The zero-order valence-electron chi connectivity index (χ0n) is 4.34. The van der Waals surface area contributed by atoms with E-state index in [0.717, 1.165) is 7.11 Å². The number of thiazole rings is 1. The summed E-state index contributed by atoms with van der Waals surface area (Å²) in [4.78, 5) is 3.70. The minimum Gasteiger partial charge on any atom is -0.400 e. The molecule has 46 valence electrons. The smallest absolute Gasteiger partial charge is 0.183 e. The molecule has 0 amide bonds. The molecule has 1 aromatic rings. The Kier molecular flexibility index (Phi) is 4.95. The molecule has 1 N–H and O–H groups in total. The van der Waals surface area contributed by atoms with Crippen molar-refractivity contribution in [2.75, 3.05) is 7.11 Å². The third kappa shape index (κ3) is 2.96. The third-order valence-corrected chi connectivity index (χ3v) is 1.32. The van der Waals surface area contributed by atoms with Crippen molar-refractivity contribution in [2.24, 2.45) is 0 Å². The van der Waals surface area contributed by atoms with Gasteiger partial charge in [0, 0.05) is 18.7 Å². The van der Waals surface area contributed by atoms with Crippen molar-refractivity contribution < 1.29 is 5.11 Å². The lowest BCUT2D eigenvalue weighted by molar-refractivity contribution is 0.399. The van der Waals surface area contributed by atoms with E-state index in [1.54, 1.807) is 6.20 Å². The van der Waals surface area contributed by atoms with E-state index < -0.39 is 0 Å². The Hall–Kier alpha value is -0.120. The molecule has 0 atom stereocenters. The van der Waals surface area contributed by atoms with Gasteiger partial charge in [0.2, 0.25) is 0 Å².